The third-order valence-corrected chi connectivity index (χ3v) is 4.09. The third-order valence-electron chi connectivity index (χ3n) is 4.09. The molecule has 0 radical (unpaired) electrons. The second kappa shape index (κ2) is 7.64. The molecule has 3 nitrogen and oxygen atoms in total. The zero-order valence-corrected chi connectivity index (χ0v) is 12.6. The number of hydrogen-bond acceptors (Lipinski definition) is 2. The van der Waals surface area contributed by atoms with Crippen LogP contribution >= 0.6 is 0 Å². The molecule has 1 fully saturated rings. The van der Waals surface area contributed by atoms with Gasteiger partial charge in [-0.05, 0) is 42.5 Å². The fraction of sp³-hybridized carbons (Fsp3) is 0.444. The summed E-state index contributed by atoms with van der Waals surface area (Å²) >= 11 is 0. The minimum Gasteiger partial charge on any atom is -0.342 e. The van der Waals surface area contributed by atoms with Crippen LogP contribution < -0.4 is 0 Å². The van der Waals surface area contributed by atoms with Crippen molar-refractivity contribution >= 4 is 12.0 Å². The van der Waals surface area contributed by atoms with Crippen LogP contribution in [0.15, 0.2) is 30.3 Å². The van der Waals surface area contributed by atoms with E-state index in [-0.39, 0.29) is 5.91 Å². The van der Waals surface area contributed by atoms with E-state index in [1.807, 2.05) is 24.1 Å². The molecule has 0 heterocycles. The minimum atomic E-state index is 0.0462. The number of nitrogens with zero attached hydrogens (tertiary/aromatic N) is 2. The van der Waals surface area contributed by atoms with Gasteiger partial charge in [0.05, 0.1) is 11.6 Å². The van der Waals surface area contributed by atoms with Crippen molar-refractivity contribution in [2.24, 2.45) is 5.92 Å². The van der Waals surface area contributed by atoms with E-state index in [2.05, 4.69) is 6.07 Å². The van der Waals surface area contributed by atoms with E-state index in [0.717, 1.165) is 12.1 Å². The summed E-state index contributed by atoms with van der Waals surface area (Å²) in [4.78, 5) is 13.9. The van der Waals surface area contributed by atoms with E-state index in [4.69, 9.17) is 5.26 Å². The van der Waals surface area contributed by atoms with Crippen LogP contribution in [0.2, 0.25) is 0 Å². The number of nitriles is 1. The Morgan fingerprint density at radius 3 is 2.57 bits per heavy atom. The second-order valence-corrected chi connectivity index (χ2v) is 5.79. The fourth-order valence-electron chi connectivity index (χ4n) is 2.81. The number of rotatable bonds is 4. The molecule has 1 saturated carbocycles. The summed E-state index contributed by atoms with van der Waals surface area (Å²) in [6.07, 6.45) is 9.85. The zero-order valence-electron chi connectivity index (χ0n) is 12.6. The highest BCUT2D eigenvalue weighted by molar-refractivity contribution is 5.91. The molecule has 0 N–H and O–H groups in total. The number of benzene rings is 1. The maximum Gasteiger partial charge on any atom is 0.246 e. The Morgan fingerprint density at radius 1 is 1.29 bits per heavy atom. The Balaban J connectivity index is 1.86. The summed E-state index contributed by atoms with van der Waals surface area (Å²) in [5.74, 6) is 0.709. The number of likely N-dealkylation sites (N-methyl/N-ethyl adjacent to an activating group) is 1. The average Bonchev–Trinajstić information content (AvgIpc) is 2.54. The van der Waals surface area contributed by atoms with Crippen LogP contribution in [0.4, 0.5) is 0 Å². The Kier molecular flexibility index (Phi) is 5.57. The Morgan fingerprint density at radius 2 is 1.95 bits per heavy atom. The normalized spacial score (nSPS) is 15.8. The molecule has 1 aromatic carbocycles. The highest BCUT2D eigenvalue weighted by atomic mass is 16.2. The standard InChI is InChI=1S/C18H22N2O/c1-20(14-17-5-3-2-4-6-17)18(21)12-11-15-7-9-16(13-19)10-8-15/h7-12,17H,2-6,14H2,1H3. The maximum atomic E-state index is 12.1. The van der Waals surface area contributed by atoms with Gasteiger partial charge in [-0.1, -0.05) is 31.4 Å². The molecule has 0 aliphatic heterocycles. The Bertz CT molecular complexity index is 533. The molecule has 0 unspecified atom stereocenters. The van der Waals surface area contributed by atoms with Crippen LogP contribution in [0.25, 0.3) is 6.08 Å². The highest BCUT2D eigenvalue weighted by Gasteiger charge is 2.16. The van der Waals surface area contributed by atoms with Gasteiger partial charge in [-0.15, -0.1) is 0 Å². The summed E-state index contributed by atoms with van der Waals surface area (Å²) in [6, 6.07) is 9.30. The lowest BCUT2D eigenvalue weighted by molar-refractivity contribution is -0.125. The lowest BCUT2D eigenvalue weighted by Gasteiger charge is -2.26. The average molecular weight is 282 g/mol. The van der Waals surface area contributed by atoms with Crippen molar-refractivity contribution in [3.8, 4) is 6.07 Å². The first-order valence-corrected chi connectivity index (χ1v) is 7.62. The van der Waals surface area contributed by atoms with Gasteiger partial charge in [-0.2, -0.15) is 5.26 Å². The van der Waals surface area contributed by atoms with E-state index < -0.39 is 0 Å². The molecular weight excluding hydrogens is 260 g/mol. The van der Waals surface area contributed by atoms with Crippen molar-refractivity contribution in [2.45, 2.75) is 32.1 Å². The van der Waals surface area contributed by atoms with E-state index in [9.17, 15) is 4.79 Å². The van der Waals surface area contributed by atoms with Crippen molar-refractivity contribution < 1.29 is 4.79 Å². The van der Waals surface area contributed by atoms with Gasteiger partial charge in [0.25, 0.3) is 0 Å². The third kappa shape index (κ3) is 4.75. The number of carbonyl (C=O) groups excluding carboxylic acids is 1. The molecule has 1 amide bonds. The number of carbonyl (C=O) groups is 1. The summed E-state index contributed by atoms with van der Waals surface area (Å²) in [5.41, 5.74) is 1.57. The van der Waals surface area contributed by atoms with Gasteiger partial charge in [0.2, 0.25) is 5.91 Å². The summed E-state index contributed by atoms with van der Waals surface area (Å²) in [5, 5.41) is 8.75. The quantitative estimate of drug-likeness (QED) is 0.792. The minimum absolute atomic E-state index is 0.0462. The van der Waals surface area contributed by atoms with Crippen molar-refractivity contribution in [2.75, 3.05) is 13.6 Å². The van der Waals surface area contributed by atoms with Gasteiger partial charge >= 0.3 is 0 Å². The first-order chi connectivity index (χ1) is 10.2. The Labute approximate surface area is 126 Å². The molecule has 3 heteroatoms. The van der Waals surface area contributed by atoms with Crippen LogP contribution in [-0.4, -0.2) is 24.4 Å². The van der Waals surface area contributed by atoms with Crippen LogP contribution in [0.3, 0.4) is 0 Å². The lowest BCUT2D eigenvalue weighted by atomic mass is 9.89. The molecule has 110 valence electrons. The predicted molar refractivity (Wildman–Crippen MR) is 84.4 cm³/mol. The van der Waals surface area contributed by atoms with Gasteiger partial charge in [0, 0.05) is 19.7 Å². The van der Waals surface area contributed by atoms with E-state index >= 15 is 0 Å². The topological polar surface area (TPSA) is 44.1 Å². The van der Waals surface area contributed by atoms with Gasteiger partial charge < -0.3 is 4.90 Å². The van der Waals surface area contributed by atoms with E-state index in [1.54, 1.807) is 24.3 Å². The molecule has 0 saturated heterocycles. The van der Waals surface area contributed by atoms with Crippen molar-refractivity contribution in [1.82, 2.24) is 4.90 Å². The van der Waals surface area contributed by atoms with Crippen molar-refractivity contribution in [3.63, 3.8) is 0 Å². The molecular formula is C18H22N2O. The van der Waals surface area contributed by atoms with Gasteiger partial charge in [-0.3, -0.25) is 4.79 Å². The Hall–Kier alpha value is -2.08. The molecule has 2 rings (SSSR count). The molecule has 1 aliphatic rings. The molecule has 1 aliphatic carbocycles. The maximum absolute atomic E-state index is 12.1. The van der Waals surface area contributed by atoms with Crippen LogP contribution in [0, 0.1) is 17.2 Å². The van der Waals surface area contributed by atoms with Gasteiger partial charge in [0.1, 0.15) is 0 Å². The number of amides is 1. The van der Waals surface area contributed by atoms with Crippen LogP contribution in [0.1, 0.15) is 43.2 Å². The molecule has 21 heavy (non-hydrogen) atoms. The molecule has 0 spiro atoms. The van der Waals surface area contributed by atoms with Crippen LogP contribution in [-0.2, 0) is 4.79 Å². The fourth-order valence-corrected chi connectivity index (χ4v) is 2.81. The van der Waals surface area contributed by atoms with Crippen molar-refractivity contribution in [3.05, 3.63) is 41.5 Å². The lowest BCUT2D eigenvalue weighted by Crippen LogP contribution is -2.31. The smallest absolute Gasteiger partial charge is 0.246 e. The first-order valence-electron chi connectivity index (χ1n) is 7.62. The summed E-state index contributed by atoms with van der Waals surface area (Å²) in [7, 11) is 1.88. The largest absolute Gasteiger partial charge is 0.342 e. The zero-order chi connectivity index (χ0) is 15.1. The van der Waals surface area contributed by atoms with E-state index in [0.29, 0.717) is 11.5 Å². The molecule has 1 aromatic rings. The van der Waals surface area contributed by atoms with Crippen LogP contribution in [0.5, 0.6) is 0 Å². The predicted octanol–water partition coefficient (Wildman–Crippen LogP) is 3.61. The van der Waals surface area contributed by atoms with E-state index in [1.165, 1.54) is 32.1 Å². The van der Waals surface area contributed by atoms with Gasteiger partial charge in [0.15, 0.2) is 0 Å². The molecule has 0 bridgehead atoms. The second-order valence-electron chi connectivity index (χ2n) is 5.79. The highest BCUT2D eigenvalue weighted by Crippen LogP contribution is 2.24. The van der Waals surface area contributed by atoms with Crippen molar-refractivity contribution in [1.29, 1.82) is 5.26 Å². The SMILES string of the molecule is CN(CC1CCCCC1)C(=O)C=Cc1ccc(C#N)cc1. The summed E-state index contributed by atoms with van der Waals surface area (Å²) < 4.78 is 0. The summed E-state index contributed by atoms with van der Waals surface area (Å²) in [6.45, 7) is 0.858. The van der Waals surface area contributed by atoms with Gasteiger partial charge in [-0.25, -0.2) is 0 Å². The monoisotopic (exact) mass is 282 g/mol. The first kappa shape index (κ1) is 15.3. The molecule has 0 atom stereocenters. The molecule has 0 aromatic heterocycles. The number of hydrogen-bond donors (Lipinski definition) is 0.